The highest BCUT2D eigenvalue weighted by Crippen LogP contribution is 2.16. The van der Waals surface area contributed by atoms with E-state index in [1.165, 1.54) is 17.2 Å². The number of rotatable bonds is 4. The van der Waals surface area contributed by atoms with Crippen LogP contribution in [0, 0.1) is 0 Å². The maximum atomic E-state index is 12.1. The molecule has 0 saturated carbocycles. The van der Waals surface area contributed by atoms with Crippen LogP contribution < -0.4 is 4.90 Å². The first kappa shape index (κ1) is 16.7. The summed E-state index contributed by atoms with van der Waals surface area (Å²) in [5.41, 5.74) is 0.0654. The van der Waals surface area contributed by atoms with Crippen molar-refractivity contribution in [2.75, 3.05) is 11.4 Å². The van der Waals surface area contributed by atoms with Gasteiger partial charge >= 0.3 is 12.1 Å². The predicted molar refractivity (Wildman–Crippen MR) is 80.2 cm³/mol. The number of hydrogen-bond donors (Lipinski definition) is 1. The monoisotopic (exact) mass is 292 g/mol. The second-order valence-electron chi connectivity index (χ2n) is 5.35. The van der Waals surface area contributed by atoms with E-state index in [0.29, 0.717) is 17.9 Å². The van der Waals surface area contributed by atoms with Gasteiger partial charge in [0, 0.05) is 18.8 Å². The maximum absolute atomic E-state index is 12.1. The molecule has 0 bridgehead atoms. The molecule has 1 rings (SSSR count). The van der Waals surface area contributed by atoms with Crippen molar-refractivity contribution in [2.24, 2.45) is 0 Å². The summed E-state index contributed by atoms with van der Waals surface area (Å²) in [5, 5.41) is 8.56. The van der Waals surface area contributed by atoms with Crippen molar-refractivity contribution >= 4 is 24.0 Å². The lowest BCUT2D eigenvalue weighted by atomic mass is 10.2. The third kappa shape index (κ3) is 5.64. The lowest BCUT2D eigenvalue weighted by molar-refractivity contribution is -0.131. The molecule has 0 fully saturated rings. The Hall–Kier alpha value is -2.37. The van der Waals surface area contributed by atoms with Crippen molar-refractivity contribution in [3.05, 3.63) is 30.0 Å². The summed E-state index contributed by atoms with van der Waals surface area (Å²) in [5.74, 6) is -0.567. The van der Waals surface area contributed by atoms with Crippen LogP contribution in [0.3, 0.4) is 0 Å². The maximum Gasteiger partial charge on any atom is 0.415 e. The Morgan fingerprint density at radius 1 is 1.38 bits per heavy atom. The molecular formula is C15H20N2O4. The fourth-order valence-corrected chi connectivity index (χ4v) is 1.52. The van der Waals surface area contributed by atoms with E-state index in [1.54, 1.807) is 32.9 Å². The van der Waals surface area contributed by atoms with Crippen LogP contribution in [0.25, 0.3) is 6.08 Å². The Labute approximate surface area is 124 Å². The van der Waals surface area contributed by atoms with Gasteiger partial charge in [-0.25, -0.2) is 14.6 Å². The number of nitrogens with zero attached hydrogens (tertiary/aromatic N) is 2. The van der Waals surface area contributed by atoms with Gasteiger partial charge in [0.25, 0.3) is 0 Å². The number of carbonyl (C=O) groups is 2. The molecule has 0 aliphatic carbocycles. The zero-order chi connectivity index (χ0) is 16.0. The third-order valence-electron chi connectivity index (χ3n) is 2.40. The van der Waals surface area contributed by atoms with Crippen molar-refractivity contribution in [1.29, 1.82) is 0 Å². The van der Waals surface area contributed by atoms with Crippen LogP contribution in [0.1, 0.15) is 33.3 Å². The van der Waals surface area contributed by atoms with Gasteiger partial charge in [0.15, 0.2) is 0 Å². The molecule has 1 heterocycles. The van der Waals surface area contributed by atoms with Crippen molar-refractivity contribution in [3.8, 4) is 0 Å². The molecule has 1 N–H and O–H groups in total. The van der Waals surface area contributed by atoms with Gasteiger partial charge in [-0.15, -0.1) is 0 Å². The first-order valence-corrected chi connectivity index (χ1v) is 6.60. The van der Waals surface area contributed by atoms with Gasteiger partial charge in [0.2, 0.25) is 0 Å². The molecule has 1 aromatic heterocycles. The summed E-state index contributed by atoms with van der Waals surface area (Å²) >= 11 is 0. The number of hydrogen-bond acceptors (Lipinski definition) is 4. The van der Waals surface area contributed by atoms with E-state index in [-0.39, 0.29) is 0 Å². The number of anilines is 1. The first-order valence-electron chi connectivity index (χ1n) is 6.60. The van der Waals surface area contributed by atoms with E-state index in [2.05, 4.69) is 4.98 Å². The van der Waals surface area contributed by atoms with E-state index >= 15 is 0 Å². The smallest absolute Gasteiger partial charge is 0.415 e. The van der Waals surface area contributed by atoms with Gasteiger partial charge in [0.1, 0.15) is 11.4 Å². The summed E-state index contributed by atoms with van der Waals surface area (Å²) in [7, 11) is 0. The Bertz CT molecular complexity index is 530. The molecule has 0 aliphatic heterocycles. The van der Waals surface area contributed by atoms with E-state index < -0.39 is 17.7 Å². The van der Waals surface area contributed by atoms with E-state index in [4.69, 9.17) is 9.84 Å². The highest BCUT2D eigenvalue weighted by atomic mass is 16.6. The van der Waals surface area contributed by atoms with Crippen LogP contribution in [0.5, 0.6) is 0 Å². The van der Waals surface area contributed by atoms with Crippen LogP contribution in [-0.4, -0.2) is 34.3 Å². The molecule has 114 valence electrons. The normalized spacial score (nSPS) is 11.4. The van der Waals surface area contributed by atoms with E-state index in [1.807, 2.05) is 6.92 Å². The minimum atomic E-state index is -1.02. The molecule has 0 atom stereocenters. The number of pyridine rings is 1. The summed E-state index contributed by atoms with van der Waals surface area (Å²) in [6.45, 7) is 7.64. The summed E-state index contributed by atoms with van der Waals surface area (Å²) in [4.78, 5) is 28.1. The quantitative estimate of drug-likeness (QED) is 0.863. The molecule has 6 heteroatoms. The molecule has 0 saturated heterocycles. The number of carbonyl (C=O) groups excluding carboxylic acids is 1. The topological polar surface area (TPSA) is 79.7 Å². The number of amides is 1. The largest absolute Gasteiger partial charge is 0.478 e. The molecule has 0 aromatic carbocycles. The summed E-state index contributed by atoms with van der Waals surface area (Å²) in [6, 6.07) is 3.34. The molecule has 0 radical (unpaired) electrons. The van der Waals surface area contributed by atoms with Crippen LogP contribution in [0.15, 0.2) is 24.4 Å². The molecule has 0 unspecified atom stereocenters. The highest BCUT2D eigenvalue weighted by molar-refractivity contribution is 5.87. The van der Waals surface area contributed by atoms with Crippen LogP contribution >= 0.6 is 0 Å². The van der Waals surface area contributed by atoms with Crippen LogP contribution in [0.4, 0.5) is 10.6 Å². The fraction of sp³-hybridized carbons (Fsp3) is 0.400. The number of aromatic nitrogens is 1. The predicted octanol–water partition coefficient (Wildman–Crippen LogP) is 2.94. The molecule has 1 amide bonds. The van der Waals surface area contributed by atoms with Gasteiger partial charge in [-0.1, -0.05) is 0 Å². The fourth-order valence-electron chi connectivity index (χ4n) is 1.52. The standard InChI is InChI=1S/C15H20N2O4/c1-5-17(14(20)21-15(2,3)4)12-8-6-11(10-16-12)7-9-13(18)19/h6-10H,5H2,1-4H3,(H,18,19)/b9-7+. The van der Waals surface area contributed by atoms with Crippen molar-refractivity contribution < 1.29 is 19.4 Å². The average Bonchev–Trinajstić information content (AvgIpc) is 2.36. The zero-order valence-corrected chi connectivity index (χ0v) is 12.7. The Kier molecular flexibility index (Phi) is 5.46. The van der Waals surface area contributed by atoms with Gasteiger partial charge in [-0.3, -0.25) is 4.90 Å². The van der Waals surface area contributed by atoms with Gasteiger partial charge < -0.3 is 9.84 Å². The second kappa shape index (κ2) is 6.88. The van der Waals surface area contributed by atoms with Gasteiger partial charge in [-0.05, 0) is 51.5 Å². The summed E-state index contributed by atoms with van der Waals surface area (Å²) < 4.78 is 5.31. The van der Waals surface area contributed by atoms with Gasteiger partial charge in [0.05, 0.1) is 0 Å². The summed E-state index contributed by atoms with van der Waals surface area (Å²) in [6.07, 6.45) is 3.50. The minimum Gasteiger partial charge on any atom is -0.478 e. The minimum absolute atomic E-state index is 0.423. The highest BCUT2D eigenvalue weighted by Gasteiger charge is 2.22. The number of carboxylic acids is 1. The molecule has 21 heavy (non-hydrogen) atoms. The Morgan fingerprint density at radius 2 is 2.05 bits per heavy atom. The molecular weight excluding hydrogens is 272 g/mol. The SMILES string of the molecule is CCN(C(=O)OC(C)(C)C)c1ccc(/C=C/C(=O)O)cn1. The second-order valence-corrected chi connectivity index (χ2v) is 5.35. The lowest BCUT2D eigenvalue weighted by Gasteiger charge is -2.25. The number of ether oxygens (including phenoxy) is 1. The van der Waals surface area contributed by atoms with Crippen LogP contribution in [-0.2, 0) is 9.53 Å². The van der Waals surface area contributed by atoms with Crippen LogP contribution in [0.2, 0.25) is 0 Å². The molecule has 0 spiro atoms. The Morgan fingerprint density at radius 3 is 2.48 bits per heavy atom. The molecule has 6 nitrogen and oxygen atoms in total. The van der Waals surface area contributed by atoms with E-state index in [0.717, 1.165) is 6.08 Å². The molecule has 1 aromatic rings. The van der Waals surface area contributed by atoms with Gasteiger partial charge in [-0.2, -0.15) is 0 Å². The average molecular weight is 292 g/mol. The zero-order valence-electron chi connectivity index (χ0n) is 12.7. The van der Waals surface area contributed by atoms with Crippen molar-refractivity contribution in [1.82, 2.24) is 4.98 Å². The third-order valence-corrected chi connectivity index (χ3v) is 2.40. The molecule has 0 aliphatic rings. The lowest BCUT2D eigenvalue weighted by Crippen LogP contribution is -2.37. The van der Waals surface area contributed by atoms with Crippen molar-refractivity contribution in [3.63, 3.8) is 0 Å². The number of carboxylic acid groups (broad SMARTS) is 1. The Balaban J connectivity index is 2.87. The number of aliphatic carboxylic acids is 1. The van der Waals surface area contributed by atoms with Crippen molar-refractivity contribution in [2.45, 2.75) is 33.3 Å². The van der Waals surface area contributed by atoms with E-state index in [9.17, 15) is 9.59 Å². The first-order chi connectivity index (χ1) is 9.73.